The first-order chi connectivity index (χ1) is 12.0. The van der Waals surface area contributed by atoms with Crippen molar-refractivity contribution in [3.63, 3.8) is 0 Å². The maximum absolute atomic E-state index is 12.3. The van der Waals surface area contributed by atoms with Crippen LogP contribution in [0.5, 0.6) is 0 Å². The fourth-order valence-electron chi connectivity index (χ4n) is 3.21. The third-order valence-corrected chi connectivity index (χ3v) is 4.62. The number of anilines is 1. The molecule has 25 heavy (non-hydrogen) atoms. The van der Waals surface area contributed by atoms with E-state index in [1.807, 2.05) is 37.3 Å². The van der Waals surface area contributed by atoms with Gasteiger partial charge in [0, 0.05) is 17.9 Å². The van der Waals surface area contributed by atoms with E-state index in [0.717, 1.165) is 11.4 Å². The van der Waals surface area contributed by atoms with Crippen LogP contribution < -0.4 is 10.6 Å². The number of hydrogen-bond acceptors (Lipinski definition) is 3. The number of hydrogen-bond donors (Lipinski definition) is 3. The predicted molar refractivity (Wildman–Crippen MR) is 93.8 cm³/mol. The van der Waals surface area contributed by atoms with E-state index in [-0.39, 0.29) is 18.0 Å². The van der Waals surface area contributed by atoms with Crippen molar-refractivity contribution in [2.45, 2.75) is 38.6 Å². The molecule has 132 valence electrons. The van der Waals surface area contributed by atoms with E-state index >= 15 is 0 Å². The normalized spacial score (nSPS) is 20.0. The molecule has 0 saturated heterocycles. The molecular formula is C18H22N4O3. The number of carboxylic acids is 1. The summed E-state index contributed by atoms with van der Waals surface area (Å²) in [4.78, 5) is 23.3. The quantitative estimate of drug-likeness (QED) is 0.796. The SMILES string of the molecule is Cc1ccnn1-c1ccccc1NC(=O)NC1CCC(C(=O)O)CC1. The second-order valence-corrected chi connectivity index (χ2v) is 6.39. The first kappa shape index (κ1) is 17.0. The number of aromatic nitrogens is 2. The standard InChI is InChI=1S/C18H22N4O3/c1-12-10-11-19-22(12)16-5-3-2-4-15(16)21-18(25)20-14-8-6-13(7-9-14)17(23)24/h2-5,10-11,13-14H,6-9H2,1H3,(H,23,24)(H2,20,21,25). The zero-order valence-electron chi connectivity index (χ0n) is 14.1. The third kappa shape index (κ3) is 3.99. The Morgan fingerprint density at radius 1 is 1.16 bits per heavy atom. The number of aryl methyl sites for hydroxylation is 1. The highest BCUT2D eigenvalue weighted by Crippen LogP contribution is 2.25. The summed E-state index contributed by atoms with van der Waals surface area (Å²) in [5.74, 6) is -1.03. The van der Waals surface area contributed by atoms with Gasteiger partial charge in [-0.3, -0.25) is 4.79 Å². The summed E-state index contributed by atoms with van der Waals surface area (Å²) in [6.07, 6.45) is 4.29. The van der Waals surface area contributed by atoms with E-state index in [4.69, 9.17) is 5.11 Å². The van der Waals surface area contributed by atoms with Crippen molar-refractivity contribution in [2.24, 2.45) is 5.92 Å². The molecule has 1 fully saturated rings. The number of carbonyl (C=O) groups excluding carboxylic acids is 1. The van der Waals surface area contributed by atoms with Crippen LogP contribution in [0.4, 0.5) is 10.5 Å². The van der Waals surface area contributed by atoms with Gasteiger partial charge >= 0.3 is 12.0 Å². The van der Waals surface area contributed by atoms with Gasteiger partial charge in [-0.15, -0.1) is 0 Å². The summed E-state index contributed by atoms with van der Waals surface area (Å²) in [6, 6.07) is 9.11. The molecule has 0 spiro atoms. The van der Waals surface area contributed by atoms with Gasteiger partial charge in [0.2, 0.25) is 0 Å². The largest absolute Gasteiger partial charge is 0.481 e. The summed E-state index contributed by atoms with van der Waals surface area (Å²) < 4.78 is 1.77. The number of para-hydroxylation sites is 2. The maximum Gasteiger partial charge on any atom is 0.319 e. The summed E-state index contributed by atoms with van der Waals surface area (Å²) in [7, 11) is 0. The van der Waals surface area contributed by atoms with E-state index in [9.17, 15) is 9.59 Å². The molecule has 7 heteroatoms. The molecule has 3 N–H and O–H groups in total. The molecule has 1 saturated carbocycles. The molecule has 1 aliphatic carbocycles. The Labute approximate surface area is 146 Å². The Bertz CT molecular complexity index is 763. The molecular weight excluding hydrogens is 320 g/mol. The lowest BCUT2D eigenvalue weighted by Crippen LogP contribution is -2.41. The highest BCUT2D eigenvalue weighted by Gasteiger charge is 2.26. The van der Waals surface area contributed by atoms with Crippen molar-refractivity contribution in [3.05, 3.63) is 42.2 Å². The van der Waals surface area contributed by atoms with Gasteiger partial charge in [0.05, 0.1) is 17.3 Å². The van der Waals surface area contributed by atoms with Crippen molar-refractivity contribution >= 4 is 17.7 Å². The van der Waals surface area contributed by atoms with Gasteiger partial charge in [0.25, 0.3) is 0 Å². The van der Waals surface area contributed by atoms with Crippen molar-refractivity contribution in [2.75, 3.05) is 5.32 Å². The Hall–Kier alpha value is -2.83. The van der Waals surface area contributed by atoms with E-state index < -0.39 is 5.97 Å². The van der Waals surface area contributed by atoms with Gasteiger partial charge < -0.3 is 15.7 Å². The molecule has 1 heterocycles. The Morgan fingerprint density at radius 2 is 1.88 bits per heavy atom. The lowest BCUT2D eigenvalue weighted by atomic mass is 9.86. The number of carbonyl (C=O) groups is 2. The van der Waals surface area contributed by atoms with Gasteiger partial charge in [-0.2, -0.15) is 5.10 Å². The van der Waals surface area contributed by atoms with Crippen LogP contribution in [0.2, 0.25) is 0 Å². The molecule has 1 aromatic carbocycles. The average molecular weight is 342 g/mol. The molecule has 7 nitrogen and oxygen atoms in total. The molecule has 3 rings (SSSR count). The Balaban J connectivity index is 1.63. The number of carboxylic acid groups (broad SMARTS) is 1. The van der Waals surface area contributed by atoms with Crippen molar-refractivity contribution in [1.82, 2.24) is 15.1 Å². The topological polar surface area (TPSA) is 96.3 Å². The van der Waals surface area contributed by atoms with E-state index in [1.165, 1.54) is 0 Å². The molecule has 0 unspecified atom stereocenters. The number of urea groups is 1. The molecule has 0 aliphatic heterocycles. The summed E-state index contributed by atoms with van der Waals surface area (Å²) in [5.41, 5.74) is 2.45. The number of benzene rings is 1. The number of amides is 2. The molecule has 1 aromatic heterocycles. The number of nitrogens with one attached hydrogen (secondary N) is 2. The van der Waals surface area contributed by atoms with Gasteiger partial charge in [-0.25, -0.2) is 9.48 Å². The predicted octanol–water partition coefficient (Wildman–Crippen LogP) is 2.95. The van der Waals surface area contributed by atoms with Crippen LogP contribution in [-0.4, -0.2) is 32.9 Å². The summed E-state index contributed by atoms with van der Waals surface area (Å²) in [6.45, 7) is 1.95. The van der Waals surface area contributed by atoms with Crippen LogP contribution in [-0.2, 0) is 4.79 Å². The van der Waals surface area contributed by atoms with Crippen molar-refractivity contribution in [3.8, 4) is 5.69 Å². The maximum atomic E-state index is 12.3. The van der Waals surface area contributed by atoms with E-state index in [1.54, 1.807) is 10.9 Å². The van der Waals surface area contributed by atoms with Crippen LogP contribution in [0, 0.1) is 12.8 Å². The fourth-order valence-corrected chi connectivity index (χ4v) is 3.21. The second kappa shape index (κ2) is 7.38. The fraction of sp³-hybridized carbons (Fsp3) is 0.389. The minimum atomic E-state index is -0.744. The minimum Gasteiger partial charge on any atom is -0.481 e. The van der Waals surface area contributed by atoms with Crippen LogP contribution in [0.25, 0.3) is 5.69 Å². The zero-order chi connectivity index (χ0) is 17.8. The van der Waals surface area contributed by atoms with Crippen LogP contribution in [0.3, 0.4) is 0 Å². The molecule has 2 amide bonds. The van der Waals surface area contributed by atoms with Crippen LogP contribution in [0.1, 0.15) is 31.4 Å². The first-order valence-electron chi connectivity index (χ1n) is 8.45. The van der Waals surface area contributed by atoms with Gasteiger partial charge in [0.1, 0.15) is 0 Å². The van der Waals surface area contributed by atoms with Crippen molar-refractivity contribution in [1.29, 1.82) is 0 Å². The van der Waals surface area contributed by atoms with Crippen molar-refractivity contribution < 1.29 is 14.7 Å². The Morgan fingerprint density at radius 3 is 2.52 bits per heavy atom. The molecule has 0 radical (unpaired) electrons. The summed E-state index contributed by atoms with van der Waals surface area (Å²) >= 11 is 0. The van der Waals surface area contributed by atoms with Gasteiger partial charge in [-0.05, 0) is 50.8 Å². The lowest BCUT2D eigenvalue weighted by molar-refractivity contribution is -0.142. The van der Waals surface area contributed by atoms with Gasteiger partial charge in [-0.1, -0.05) is 12.1 Å². The average Bonchev–Trinajstić information content (AvgIpc) is 3.01. The summed E-state index contributed by atoms with van der Waals surface area (Å²) in [5, 5.41) is 19.1. The number of nitrogens with zero attached hydrogens (tertiary/aromatic N) is 2. The lowest BCUT2D eigenvalue weighted by Gasteiger charge is -2.27. The minimum absolute atomic E-state index is 0.00852. The van der Waals surface area contributed by atoms with E-state index in [0.29, 0.717) is 31.4 Å². The number of rotatable bonds is 4. The Kier molecular flexibility index (Phi) is 5.02. The van der Waals surface area contributed by atoms with E-state index in [2.05, 4.69) is 15.7 Å². The first-order valence-corrected chi connectivity index (χ1v) is 8.45. The molecule has 2 aromatic rings. The molecule has 0 bridgehead atoms. The van der Waals surface area contributed by atoms with Crippen LogP contribution >= 0.6 is 0 Å². The second-order valence-electron chi connectivity index (χ2n) is 6.39. The smallest absolute Gasteiger partial charge is 0.319 e. The molecule has 0 atom stereocenters. The number of aliphatic carboxylic acids is 1. The highest BCUT2D eigenvalue weighted by atomic mass is 16.4. The third-order valence-electron chi connectivity index (χ3n) is 4.62. The van der Waals surface area contributed by atoms with Gasteiger partial charge in [0.15, 0.2) is 0 Å². The van der Waals surface area contributed by atoms with Crippen LogP contribution in [0.15, 0.2) is 36.5 Å². The monoisotopic (exact) mass is 342 g/mol. The zero-order valence-corrected chi connectivity index (χ0v) is 14.1. The highest BCUT2D eigenvalue weighted by molar-refractivity contribution is 5.91. The molecule has 1 aliphatic rings.